The van der Waals surface area contributed by atoms with Crippen molar-refractivity contribution in [1.29, 1.82) is 0 Å². The van der Waals surface area contributed by atoms with E-state index in [0.717, 1.165) is 19.5 Å². The zero-order chi connectivity index (χ0) is 11.4. The van der Waals surface area contributed by atoms with Gasteiger partial charge in [0.05, 0.1) is 6.04 Å². The van der Waals surface area contributed by atoms with E-state index in [4.69, 9.17) is 0 Å². The molecular formula is C13H16N2O. The summed E-state index contributed by atoms with van der Waals surface area (Å²) in [5.41, 5.74) is 1.31. The number of hydrogen-bond donors (Lipinski definition) is 0. The molecule has 1 aromatic rings. The van der Waals surface area contributed by atoms with E-state index in [1.807, 2.05) is 6.07 Å². The number of likely N-dealkylation sites (tertiary alicyclic amines) is 1. The van der Waals surface area contributed by atoms with Crippen LogP contribution in [0, 0.1) is 0 Å². The van der Waals surface area contributed by atoms with Gasteiger partial charge < -0.3 is 0 Å². The maximum atomic E-state index is 10.2. The molecule has 1 aromatic carbocycles. The quantitative estimate of drug-likeness (QED) is 0.571. The molecule has 2 atom stereocenters. The number of aliphatic imine (C=N–C) groups is 1. The number of hydrogen-bond acceptors (Lipinski definition) is 3. The van der Waals surface area contributed by atoms with Crippen LogP contribution in [0.5, 0.6) is 0 Å². The maximum absolute atomic E-state index is 10.2. The second kappa shape index (κ2) is 5.06. The van der Waals surface area contributed by atoms with Crippen LogP contribution < -0.4 is 0 Å². The molecule has 1 aliphatic heterocycles. The summed E-state index contributed by atoms with van der Waals surface area (Å²) in [7, 11) is 0. The molecule has 1 heterocycles. The lowest BCUT2D eigenvalue weighted by molar-refractivity contribution is 0.259. The third-order valence-corrected chi connectivity index (χ3v) is 3.15. The van der Waals surface area contributed by atoms with E-state index in [2.05, 4.69) is 41.1 Å². The van der Waals surface area contributed by atoms with E-state index in [0.29, 0.717) is 6.04 Å². The molecule has 2 rings (SSSR count). The fourth-order valence-corrected chi connectivity index (χ4v) is 2.27. The van der Waals surface area contributed by atoms with E-state index in [9.17, 15) is 4.79 Å². The van der Waals surface area contributed by atoms with Gasteiger partial charge in [-0.15, -0.1) is 0 Å². The Labute approximate surface area is 95.8 Å². The molecule has 3 nitrogen and oxygen atoms in total. The van der Waals surface area contributed by atoms with Crippen LogP contribution in [0.3, 0.4) is 0 Å². The van der Waals surface area contributed by atoms with Gasteiger partial charge in [-0.1, -0.05) is 30.3 Å². The van der Waals surface area contributed by atoms with Gasteiger partial charge in [0, 0.05) is 19.1 Å². The zero-order valence-corrected chi connectivity index (χ0v) is 9.47. The van der Waals surface area contributed by atoms with Crippen LogP contribution in [0.4, 0.5) is 0 Å². The van der Waals surface area contributed by atoms with Crippen molar-refractivity contribution in [2.45, 2.75) is 32.0 Å². The number of rotatable bonds is 3. The number of benzene rings is 1. The van der Waals surface area contributed by atoms with Gasteiger partial charge >= 0.3 is 0 Å². The van der Waals surface area contributed by atoms with Crippen LogP contribution in [0.2, 0.25) is 0 Å². The minimum Gasteiger partial charge on any atom is -0.294 e. The fraction of sp³-hybridized carbons (Fsp3) is 0.462. The summed E-state index contributed by atoms with van der Waals surface area (Å²) in [5, 5.41) is 0. The highest BCUT2D eigenvalue weighted by molar-refractivity contribution is 5.33. The van der Waals surface area contributed by atoms with Crippen molar-refractivity contribution in [3.8, 4) is 0 Å². The van der Waals surface area contributed by atoms with Crippen LogP contribution >= 0.6 is 0 Å². The summed E-state index contributed by atoms with van der Waals surface area (Å²) in [4.78, 5) is 16.4. The first-order chi connectivity index (χ1) is 7.79. The van der Waals surface area contributed by atoms with Crippen molar-refractivity contribution < 1.29 is 4.79 Å². The van der Waals surface area contributed by atoms with Crippen LogP contribution in [0.1, 0.15) is 18.9 Å². The highest BCUT2D eigenvalue weighted by Crippen LogP contribution is 2.21. The molecule has 1 aliphatic rings. The molecule has 84 valence electrons. The maximum Gasteiger partial charge on any atom is 0.235 e. The highest BCUT2D eigenvalue weighted by Gasteiger charge is 2.28. The molecule has 0 amide bonds. The van der Waals surface area contributed by atoms with E-state index < -0.39 is 0 Å². The zero-order valence-electron chi connectivity index (χ0n) is 9.47. The van der Waals surface area contributed by atoms with Gasteiger partial charge in [-0.2, -0.15) is 0 Å². The second-order valence-corrected chi connectivity index (χ2v) is 4.37. The average Bonchev–Trinajstić information content (AvgIpc) is 2.61. The van der Waals surface area contributed by atoms with Gasteiger partial charge in [0.25, 0.3) is 0 Å². The predicted octanol–water partition coefficient (Wildman–Crippen LogP) is 1.99. The molecule has 1 saturated heterocycles. The van der Waals surface area contributed by atoms with Crippen molar-refractivity contribution in [3.05, 3.63) is 35.9 Å². The first-order valence-corrected chi connectivity index (χ1v) is 5.64. The number of carbonyl (C=O) groups excluding carboxylic acids is 1. The van der Waals surface area contributed by atoms with E-state index in [-0.39, 0.29) is 6.04 Å². The van der Waals surface area contributed by atoms with Crippen LogP contribution in [-0.2, 0) is 11.3 Å². The van der Waals surface area contributed by atoms with Gasteiger partial charge in [0.2, 0.25) is 6.08 Å². The fourth-order valence-electron chi connectivity index (χ4n) is 2.27. The molecule has 0 aromatic heterocycles. The standard InChI is InChI=1S/C13H16N2O/c1-11-7-13(14-10-16)9-15(11)8-12-5-3-2-4-6-12/h2-6,11,13H,7-9H2,1H3. The normalized spacial score (nSPS) is 25.3. The summed E-state index contributed by atoms with van der Waals surface area (Å²) in [6.45, 7) is 3.99. The van der Waals surface area contributed by atoms with Crippen molar-refractivity contribution >= 4 is 6.08 Å². The highest BCUT2D eigenvalue weighted by atomic mass is 16.1. The molecule has 0 aliphatic carbocycles. The Morgan fingerprint density at radius 2 is 2.19 bits per heavy atom. The van der Waals surface area contributed by atoms with E-state index in [1.165, 1.54) is 5.56 Å². The lowest BCUT2D eigenvalue weighted by Gasteiger charge is -2.20. The smallest absolute Gasteiger partial charge is 0.235 e. The average molecular weight is 216 g/mol. The third kappa shape index (κ3) is 2.57. The van der Waals surface area contributed by atoms with Gasteiger partial charge in [0.15, 0.2) is 0 Å². The molecule has 0 N–H and O–H groups in total. The topological polar surface area (TPSA) is 32.7 Å². The SMILES string of the molecule is CC1CC(N=C=O)CN1Cc1ccccc1. The minimum absolute atomic E-state index is 0.135. The Morgan fingerprint density at radius 1 is 1.44 bits per heavy atom. The van der Waals surface area contributed by atoms with Gasteiger partial charge in [0.1, 0.15) is 0 Å². The summed E-state index contributed by atoms with van der Waals surface area (Å²) in [6, 6.07) is 11.0. The first kappa shape index (κ1) is 11.1. The minimum atomic E-state index is 0.135. The molecular weight excluding hydrogens is 200 g/mol. The number of nitrogens with zero attached hydrogens (tertiary/aromatic N) is 2. The lowest BCUT2D eigenvalue weighted by atomic mass is 10.2. The Kier molecular flexibility index (Phi) is 3.50. The van der Waals surface area contributed by atoms with Crippen LogP contribution in [0.15, 0.2) is 35.3 Å². The molecule has 0 radical (unpaired) electrons. The summed E-state index contributed by atoms with van der Waals surface area (Å²) in [6.07, 6.45) is 2.62. The first-order valence-electron chi connectivity index (χ1n) is 5.64. The molecule has 0 spiro atoms. The van der Waals surface area contributed by atoms with Gasteiger partial charge in [-0.25, -0.2) is 9.79 Å². The summed E-state index contributed by atoms with van der Waals surface area (Å²) in [5.74, 6) is 0. The van der Waals surface area contributed by atoms with Gasteiger partial charge in [-0.05, 0) is 18.9 Å². The summed E-state index contributed by atoms with van der Waals surface area (Å²) < 4.78 is 0. The van der Waals surface area contributed by atoms with Gasteiger partial charge in [-0.3, -0.25) is 4.90 Å². The molecule has 0 saturated carbocycles. The van der Waals surface area contributed by atoms with E-state index >= 15 is 0 Å². The van der Waals surface area contributed by atoms with Crippen molar-refractivity contribution in [3.63, 3.8) is 0 Å². The number of isocyanates is 1. The Morgan fingerprint density at radius 3 is 2.88 bits per heavy atom. The Balaban J connectivity index is 1.99. The monoisotopic (exact) mass is 216 g/mol. The second-order valence-electron chi connectivity index (χ2n) is 4.37. The largest absolute Gasteiger partial charge is 0.294 e. The molecule has 2 unspecified atom stereocenters. The molecule has 1 fully saturated rings. The van der Waals surface area contributed by atoms with Crippen LogP contribution in [0.25, 0.3) is 0 Å². The van der Waals surface area contributed by atoms with Crippen molar-refractivity contribution in [1.82, 2.24) is 4.90 Å². The van der Waals surface area contributed by atoms with Crippen molar-refractivity contribution in [2.24, 2.45) is 4.99 Å². The van der Waals surface area contributed by atoms with Crippen molar-refractivity contribution in [2.75, 3.05) is 6.54 Å². The molecule has 3 heteroatoms. The summed E-state index contributed by atoms with van der Waals surface area (Å²) >= 11 is 0. The Hall–Kier alpha value is -1.44. The van der Waals surface area contributed by atoms with Crippen LogP contribution in [-0.4, -0.2) is 29.6 Å². The predicted molar refractivity (Wildman–Crippen MR) is 62.8 cm³/mol. The molecule has 16 heavy (non-hydrogen) atoms. The van der Waals surface area contributed by atoms with E-state index in [1.54, 1.807) is 6.08 Å². The Bertz CT molecular complexity index is 384. The molecule has 0 bridgehead atoms. The lowest BCUT2D eigenvalue weighted by Crippen LogP contribution is -2.26. The third-order valence-electron chi connectivity index (χ3n) is 3.15.